The number of carboxylic acid groups (broad SMARTS) is 1. The second-order valence-corrected chi connectivity index (χ2v) is 14.3. The number of likely N-dealkylation sites (tertiary alicyclic amines) is 1. The second kappa shape index (κ2) is 11.4. The Hall–Kier alpha value is -2.71. The zero-order valence-corrected chi connectivity index (χ0v) is 25.7. The molecule has 2 bridgehead atoms. The number of fused-ring (bicyclic) bond motifs is 3. The van der Waals surface area contributed by atoms with Gasteiger partial charge < -0.3 is 9.67 Å². The van der Waals surface area contributed by atoms with Crippen LogP contribution in [0.25, 0.3) is 11.0 Å². The third kappa shape index (κ3) is 5.08. The largest absolute Gasteiger partial charge is 0.480 e. The third-order valence-electron chi connectivity index (χ3n) is 10.4. The fourth-order valence-corrected chi connectivity index (χ4v) is 9.60. The zero-order chi connectivity index (χ0) is 28.8. The molecule has 3 saturated heterocycles. The van der Waals surface area contributed by atoms with Gasteiger partial charge in [0.05, 0.1) is 15.4 Å². The highest BCUT2D eigenvalue weighted by molar-refractivity contribution is 7.16. The van der Waals surface area contributed by atoms with Crippen molar-refractivity contribution in [2.24, 2.45) is 0 Å². The van der Waals surface area contributed by atoms with Crippen LogP contribution in [0.2, 0.25) is 4.34 Å². The number of aryl methyl sites for hydroxylation is 1. The van der Waals surface area contributed by atoms with E-state index in [-0.39, 0.29) is 5.41 Å². The monoisotopic (exact) mass is 602 g/mol. The van der Waals surface area contributed by atoms with Crippen molar-refractivity contribution in [2.75, 3.05) is 19.6 Å². The number of thiophene rings is 1. The van der Waals surface area contributed by atoms with Crippen LogP contribution in [-0.2, 0) is 10.2 Å². The molecule has 2 aromatic heterocycles. The molecule has 1 unspecified atom stereocenters. The molecule has 7 rings (SSSR count). The zero-order valence-electron chi connectivity index (χ0n) is 24.2. The molecule has 42 heavy (non-hydrogen) atoms. The first-order valence-electron chi connectivity index (χ1n) is 15.4. The van der Waals surface area contributed by atoms with E-state index in [1.807, 2.05) is 12.1 Å². The van der Waals surface area contributed by atoms with Gasteiger partial charge >= 0.3 is 5.97 Å². The van der Waals surface area contributed by atoms with Gasteiger partial charge in [-0.25, -0.2) is 4.98 Å². The van der Waals surface area contributed by atoms with E-state index in [9.17, 15) is 9.90 Å². The fourth-order valence-electron chi connectivity index (χ4n) is 8.41. The standard InChI is InChI=1S/C34H39ClN4O2S/c1-23-36-28-9-5-6-10-29(28)39(23)27-21-25-11-12-26(22-27)38(25)20-17-34(24-7-3-2-4-8-24)15-18-37(19-16-34)32(33(40)41)30-13-14-31(35)42-30/h2-10,13-14,25-27,32H,11-12,15-22H2,1H3,(H,40,41)/t25-,26+,27+,32?. The first-order valence-corrected chi connectivity index (χ1v) is 16.6. The van der Waals surface area contributed by atoms with Gasteiger partial charge in [-0.1, -0.05) is 54.1 Å². The van der Waals surface area contributed by atoms with E-state index in [0.717, 1.165) is 55.1 Å². The van der Waals surface area contributed by atoms with Gasteiger partial charge in [0.15, 0.2) is 0 Å². The summed E-state index contributed by atoms with van der Waals surface area (Å²) in [6.07, 6.45) is 7.97. The van der Waals surface area contributed by atoms with E-state index in [4.69, 9.17) is 16.6 Å². The third-order valence-corrected chi connectivity index (χ3v) is 11.7. The van der Waals surface area contributed by atoms with E-state index in [1.165, 1.54) is 48.1 Å². The van der Waals surface area contributed by atoms with Gasteiger partial charge in [-0.3, -0.25) is 14.6 Å². The minimum absolute atomic E-state index is 0.0569. The van der Waals surface area contributed by atoms with E-state index in [1.54, 1.807) is 0 Å². The highest BCUT2D eigenvalue weighted by Gasteiger charge is 2.45. The minimum atomic E-state index is -0.791. The maximum absolute atomic E-state index is 12.4. The first-order chi connectivity index (χ1) is 20.4. The number of nitrogens with zero attached hydrogens (tertiary/aromatic N) is 4. The molecule has 0 spiro atoms. The van der Waals surface area contributed by atoms with Crippen LogP contribution >= 0.6 is 22.9 Å². The number of halogens is 1. The topological polar surface area (TPSA) is 61.6 Å². The smallest absolute Gasteiger partial charge is 0.326 e. The number of rotatable bonds is 8. The maximum Gasteiger partial charge on any atom is 0.326 e. The number of hydrogen-bond acceptors (Lipinski definition) is 5. The van der Waals surface area contributed by atoms with Crippen LogP contribution in [0.5, 0.6) is 0 Å². The van der Waals surface area contributed by atoms with E-state index >= 15 is 0 Å². The van der Waals surface area contributed by atoms with Gasteiger partial charge in [-0.05, 0) is 93.7 Å². The molecule has 2 aromatic carbocycles. The van der Waals surface area contributed by atoms with Crippen molar-refractivity contribution in [2.45, 2.75) is 81.5 Å². The molecule has 3 fully saturated rings. The molecule has 3 aliphatic heterocycles. The van der Waals surface area contributed by atoms with Crippen molar-refractivity contribution in [3.05, 3.63) is 87.3 Å². The molecule has 0 amide bonds. The molecule has 220 valence electrons. The van der Waals surface area contributed by atoms with Crippen LogP contribution in [0.3, 0.4) is 0 Å². The number of aliphatic carboxylic acids is 1. The molecule has 3 aliphatic rings. The number of hydrogen-bond donors (Lipinski definition) is 1. The number of carbonyl (C=O) groups is 1. The maximum atomic E-state index is 12.4. The predicted molar refractivity (Wildman–Crippen MR) is 170 cm³/mol. The Kier molecular flexibility index (Phi) is 7.63. The average molecular weight is 603 g/mol. The molecule has 4 aromatic rings. The van der Waals surface area contributed by atoms with Crippen molar-refractivity contribution in [3.63, 3.8) is 0 Å². The van der Waals surface area contributed by atoms with Crippen molar-refractivity contribution >= 4 is 39.9 Å². The van der Waals surface area contributed by atoms with Crippen molar-refractivity contribution in [3.8, 4) is 0 Å². The van der Waals surface area contributed by atoms with E-state index in [0.29, 0.717) is 22.5 Å². The number of benzene rings is 2. The van der Waals surface area contributed by atoms with Crippen LogP contribution in [0.1, 0.15) is 73.3 Å². The summed E-state index contributed by atoms with van der Waals surface area (Å²) in [4.78, 5) is 23.0. The van der Waals surface area contributed by atoms with Crippen LogP contribution in [0, 0.1) is 6.92 Å². The number of carboxylic acids is 1. The summed E-state index contributed by atoms with van der Waals surface area (Å²) < 4.78 is 3.15. The summed E-state index contributed by atoms with van der Waals surface area (Å²) in [5, 5.41) is 10.1. The van der Waals surface area contributed by atoms with Gasteiger partial charge in [0.25, 0.3) is 0 Å². The van der Waals surface area contributed by atoms with E-state index < -0.39 is 12.0 Å². The SMILES string of the molecule is Cc1nc2ccccc2n1[C@H]1C[C@H]2CC[C@@H](C1)N2CCC1(c2ccccc2)CCN(C(C(=O)O)c2ccc(Cl)s2)CC1. The summed E-state index contributed by atoms with van der Waals surface area (Å²) >= 11 is 7.57. The van der Waals surface area contributed by atoms with Crippen LogP contribution in [0.15, 0.2) is 66.7 Å². The Morgan fingerprint density at radius 3 is 2.36 bits per heavy atom. The molecule has 8 heteroatoms. The highest BCUT2D eigenvalue weighted by Crippen LogP contribution is 2.46. The average Bonchev–Trinajstić information content (AvgIpc) is 3.64. The lowest BCUT2D eigenvalue weighted by atomic mass is 9.70. The summed E-state index contributed by atoms with van der Waals surface area (Å²) in [6, 6.07) is 24.3. The molecular formula is C34H39ClN4O2S. The minimum Gasteiger partial charge on any atom is -0.480 e. The van der Waals surface area contributed by atoms with Gasteiger partial charge in [0, 0.05) is 36.1 Å². The lowest BCUT2D eigenvalue weighted by Gasteiger charge is -2.46. The molecule has 0 radical (unpaired) electrons. The molecule has 0 saturated carbocycles. The molecule has 0 aliphatic carbocycles. The predicted octanol–water partition coefficient (Wildman–Crippen LogP) is 7.48. The van der Waals surface area contributed by atoms with Gasteiger partial charge in [0.1, 0.15) is 11.9 Å². The van der Waals surface area contributed by atoms with Crippen molar-refractivity contribution < 1.29 is 9.90 Å². The van der Waals surface area contributed by atoms with Crippen LogP contribution in [0.4, 0.5) is 0 Å². The Bertz CT molecular complexity index is 1550. The molecular weight excluding hydrogens is 564 g/mol. The van der Waals surface area contributed by atoms with Crippen molar-refractivity contribution in [1.29, 1.82) is 0 Å². The number of para-hydroxylation sites is 2. The molecule has 5 heterocycles. The Labute approximate surface area is 256 Å². The molecule has 6 nitrogen and oxygen atoms in total. The van der Waals surface area contributed by atoms with Crippen molar-refractivity contribution in [1.82, 2.24) is 19.4 Å². The van der Waals surface area contributed by atoms with E-state index in [2.05, 4.69) is 75.9 Å². The van der Waals surface area contributed by atoms with Gasteiger partial charge in [-0.15, -0.1) is 11.3 Å². The summed E-state index contributed by atoms with van der Waals surface area (Å²) in [7, 11) is 0. The fraction of sp³-hybridized carbons (Fsp3) is 0.471. The number of aromatic nitrogens is 2. The van der Waals surface area contributed by atoms with Gasteiger partial charge in [-0.2, -0.15) is 0 Å². The second-order valence-electron chi connectivity index (χ2n) is 12.6. The summed E-state index contributed by atoms with van der Waals surface area (Å²) in [5.74, 6) is 0.342. The Morgan fingerprint density at radius 2 is 1.69 bits per heavy atom. The molecule has 1 N–H and O–H groups in total. The Balaban J connectivity index is 1.08. The summed E-state index contributed by atoms with van der Waals surface area (Å²) in [5.41, 5.74) is 3.83. The lowest BCUT2D eigenvalue weighted by Crippen LogP contribution is -2.49. The highest BCUT2D eigenvalue weighted by atomic mass is 35.5. The summed E-state index contributed by atoms with van der Waals surface area (Å²) in [6.45, 7) is 4.79. The van der Waals surface area contributed by atoms with Crippen LogP contribution in [-0.4, -0.2) is 62.1 Å². The quantitative estimate of drug-likeness (QED) is 0.227. The number of piperidine rings is 2. The molecule has 4 atom stereocenters. The number of imidazole rings is 1. The normalized spacial score (nSPS) is 25.1. The lowest BCUT2D eigenvalue weighted by molar-refractivity contribution is -0.144. The Morgan fingerprint density at radius 1 is 1.00 bits per heavy atom. The first kappa shape index (κ1) is 28.1. The van der Waals surface area contributed by atoms with Gasteiger partial charge in [0.2, 0.25) is 0 Å². The van der Waals surface area contributed by atoms with Crippen LogP contribution < -0.4 is 0 Å².